The summed E-state index contributed by atoms with van der Waals surface area (Å²) < 4.78 is 0.0559. The maximum absolute atomic E-state index is 13.9. The number of quaternary nitrogens is 1. The van der Waals surface area contributed by atoms with Crippen molar-refractivity contribution in [3.63, 3.8) is 0 Å². The van der Waals surface area contributed by atoms with Crippen molar-refractivity contribution in [3.8, 4) is 0 Å². The molecule has 1 aromatic rings. The van der Waals surface area contributed by atoms with Gasteiger partial charge in [0.05, 0.1) is 6.54 Å². The molecule has 1 aromatic carbocycles. The molecule has 4 rings (SSSR count). The SMILES string of the molecule is Cl.Cl.N=C(N)c1ccc(C[N+]2(C(=O)[C@H](N)CC3CCCCC3)CC[C@@H]3C[C@@]32C(N)=O)cc1. The molecule has 0 spiro atoms. The first kappa shape index (κ1) is 26.6. The zero-order chi connectivity index (χ0) is 21.5. The first-order valence-electron chi connectivity index (χ1n) is 11.2. The summed E-state index contributed by atoms with van der Waals surface area (Å²) in [5.74, 6) is 0.277. The molecule has 178 valence electrons. The summed E-state index contributed by atoms with van der Waals surface area (Å²) in [4.78, 5) is 26.5. The van der Waals surface area contributed by atoms with Crippen LogP contribution in [0.2, 0.25) is 0 Å². The van der Waals surface area contributed by atoms with Crippen LogP contribution in [-0.2, 0) is 16.1 Å². The van der Waals surface area contributed by atoms with E-state index in [9.17, 15) is 9.59 Å². The van der Waals surface area contributed by atoms with E-state index >= 15 is 0 Å². The number of carbonyl (C=O) groups excluding carboxylic acids is 2. The molecule has 9 heteroatoms. The molecule has 2 amide bonds. The lowest BCUT2D eigenvalue weighted by Crippen LogP contribution is -2.67. The van der Waals surface area contributed by atoms with Gasteiger partial charge in [0.2, 0.25) is 0 Å². The van der Waals surface area contributed by atoms with Crippen molar-refractivity contribution < 1.29 is 14.1 Å². The highest BCUT2D eigenvalue weighted by Gasteiger charge is 2.79. The van der Waals surface area contributed by atoms with E-state index in [2.05, 4.69) is 0 Å². The summed E-state index contributed by atoms with van der Waals surface area (Å²) in [6.07, 6.45) is 8.16. The van der Waals surface area contributed by atoms with Crippen LogP contribution in [0.5, 0.6) is 0 Å². The first-order chi connectivity index (χ1) is 14.3. The van der Waals surface area contributed by atoms with Crippen molar-refractivity contribution in [2.75, 3.05) is 6.54 Å². The van der Waals surface area contributed by atoms with Crippen LogP contribution >= 0.6 is 24.8 Å². The maximum Gasteiger partial charge on any atom is 0.331 e. The number of amidine groups is 1. The number of likely N-dealkylation sites (tertiary alicyclic amines) is 1. The molecule has 3 fully saturated rings. The van der Waals surface area contributed by atoms with Crippen LogP contribution in [0.25, 0.3) is 0 Å². The van der Waals surface area contributed by atoms with Crippen molar-refractivity contribution in [2.45, 2.75) is 69.5 Å². The predicted molar refractivity (Wildman–Crippen MR) is 130 cm³/mol. The Bertz CT molecular complexity index is 858. The summed E-state index contributed by atoms with van der Waals surface area (Å²) in [6.45, 7) is 1.02. The number of carbonyl (C=O) groups is 2. The molecule has 4 atom stereocenters. The molecule has 2 aliphatic carbocycles. The van der Waals surface area contributed by atoms with Gasteiger partial charge < -0.3 is 17.2 Å². The predicted octanol–water partition coefficient (Wildman–Crippen LogP) is 2.60. The first-order valence-corrected chi connectivity index (χ1v) is 11.2. The monoisotopic (exact) mass is 484 g/mol. The Morgan fingerprint density at radius 2 is 1.69 bits per heavy atom. The topological polar surface area (TPSA) is 136 Å². The van der Waals surface area contributed by atoms with E-state index in [4.69, 9.17) is 22.6 Å². The number of hydrogen-bond donors (Lipinski definition) is 4. The van der Waals surface area contributed by atoms with Crippen molar-refractivity contribution in [1.82, 2.24) is 0 Å². The molecule has 3 aliphatic rings. The van der Waals surface area contributed by atoms with Gasteiger partial charge in [-0.2, -0.15) is 0 Å². The zero-order valence-corrected chi connectivity index (χ0v) is 20.1. The minimum absolute atomic E-state index is 0. The molecule has 1 unspecified atom stereocenters. The van der Waals surface area contributed by atoms with Crippen LogP contribution in [0, 0.1) is 17.2 Å². The Hall–Kier alpha value is -1.67. The van der Waals surface area contributed by atoms with Gasteiger partial charge in [0.15, 0.2) is 5.54 Å². The van der Waals surface area contributed by atoms with Crippen LogP contribution < -0.4 is 17.2 Å². The summed E-state index contributed by atoms with van der Waals surface area (Å²) in [6, 6.07) is 6.79. The largest absolute Gasteiger partial charge is 0.384 e. The molecular formula is C23H36Cl2N5O2+. The second-order valence-corrected chi connectivity index (χ2v) is 9.62. The number of primary amides is 1. The number of rotatable bonds is 7. The molecule has 2 saturated carbocycles. The van der Waals surface area contributed by atoms with Gasteiger partial charge >= 0.3 is 5.91 Å². The van der Waals surface area contributed by atoms with Crippen LogP contribution in [0.15, 0.2) is 24.3 Å². The highest BCUT2D eigenvalue weighted by Crippen LogP contribution is 2.61. The van der Waals surface area contributed by atoms with E-state index < -0.39 is 11.6 Å². The van der Waals surface area contributed by atoms with Crippen LogP contribution in [0.4, 0.5) is 0 Å². The van der Waals surface area contributed by atoms with Gasteiger partial charge in [0.25, 0.3) is 5.91 Å². The number of amides is 2. The molecule has 0 aromatic heterocycles. The molecule has 1 saturated heterocycles. The van der Waals surface area contributed by atoms with Crippen molar-refractivity contribution in [3.05, 3.63) is 35.4 Å². The molecule has 32 heavy (non-hydrogen) atoms. The fourth-order valence-electron chi connectivity index (χ4n) is 6.18. The highest BCUT2D eigenvalue weighted by molar-refractivity contribution is 5.95. The second-order valence-electron chi connectivity index (χ2n) is 9.62. The van der Waals surface area contributed by atoms with Gasteiger partial charge in [-0.15, -0.1) is 24.8 Å². The van der Waals surface area contributed by atoms with E-state index in [0.29, 0.717) is 37.4 Å². The minimum atomic E-state index is -0.805. The standard InChI is InChI=1S/C23H33N5O2.2ClH/c24-19(12-15-4-2-1-3-5-15)21(29)28(11-10-18-13-23(18,28)22(27)30)14-16-6-8-17(9-7-16)20(25)26;;/h6-9,15,18-19H,1-5,10-14,24H2,(H4-,25,26,27,30);2*1H/p+1/t18-,19-,23+,28?;;/m1../s1. The number of nitrogens with zero attached hydrogens (tertiary/aromatic N) is 1. The summed E-state index contributed by atoms with van der Waals surface area (Å²) >= 11 is 0. The Balaban J connectivity index is 0.00000181. The molecule has 0 radical (unpaired) electrons. The molecule has 1 aliphatic heterocycles. The number of benzene rings is 1. The summed E-state index contributed by atoms with van der Waals surface area (Å²) in [7, 11) is 0. The van der Waals surface area contributed by atoms with Crippen molar-refractivity contribution >= 4 is 42.5 Å². The summed E-state index contributed by atoms with van der Waals surface area (Å²) in [5.41, 5.74) is 18.7. The fourth-order valence-corrected chi connectivity index (χ4v) is 6.18. The number of nitrogens with one attached hydrogen (secondary N) is 1. The maximum atomic E-state index is 13.9. The van der Waals surface area contributed by atoms with Crippen LogP contribution in [0.1, 0.15) is 62.5 Å². The third kappa shape index (κ3) is 4.40. The van der Waals surface area contributed by atoms with Gasteiger partial charge in [0.1, 0.15) is 18.4 Å². The normalized spacial score (nSPS) is 29.7. The lowest BCUT2D eigenvalue weighted by atomic mass is 9.84. The number of hydrogen-bond acceptors (Lipinski definition) is 4. The third-order valence-electron chi connectivity index (χ3n) is 7.89. The summed E-state index contributed by atoms with van der Waals surface area (Å²) in [5, 5.41) is 7.58. The fraction of sp³-hybridized carbons (Fsp3) is 0.609. The quantitative estimate of drug-likeness (QED) is 0.268. The Morgan fingerprint density at radius 1 is 1.06 bits per heavy atom. The Labute approximate surface area is 202 Å². The van der Waals surface area contributed by atoms with Crippen LogP contribution in [-0.4, -0.2) is 40.3 Å². The van der Waals surface area contributed by atoms with Gasteiger partial charge in [-0.3, -0.25) is 10.2 Å². The zero-order valence-electron chi connectivity index (χ0n) is 18.4. The second kappa shape index (κ2) is 10.1. The van der Waals surface area contributed by atoms with E-state index in [1.165, 1.54) is 19.3 Å². The van der Waals surface area contributed by atoms with E-state index in [1.54, 1.807) is 12.1 Å². The number of halogens is 2. The Kier molecular flexibility index (Phi) is 8.37. The van der Waals surface area contributed by atoms with Crippen molar-refractivity contribution in [2.24, 2.45) is 29.0 Å². The van der Waals surface area contributed by atoms with Gasteiger partial charge in [-0.1, -0.05) is 56.4 Å². The number of piperidine rings is 1. The van der Waals surface area contributed by atoms with Gasteiger partial charge in [-0.05, 0) is 12.3 Å². The number of fused-ring (bicyclic) bond motifs is 1. The molecule has 7 N–H and O–H groups in total. The van der Waals surface area contributed by atoms with Crippen molar-refractivity contribution in [1.29, 1.82) is 5.41 Å². The minimum Gasteiger partial charge on any atom is -0.384 e. The highest BCUT2D eigenvalue weighted by atomic mass is 35.5. The average molecular weight is 485 g/mol. The van der Waals surface area contributed by atoms with Gasteiger partial charge in [0, 0.05) is 29.9 Å². The van der Waals surface area contributed by atoms with E-state index in [-0.39, 0.29) is 52.9 Å². The molecular weight excluding hydrogens is 449 g/mol. The number of nitrogen functional groups attached to an aromatic ring is 1. The van der Waals surface area contributed by atoms with Crippen LogP contribution in [0.3, 0.4) is 0 Å². The molecule has 7 nitrogen and oxygen atoms in total. The number of nitrogens with two attached hydrogens (primary N) is 3. The lowest BCUT2D eigenvalue weighted by molar-refractivity contribution is -0.885. The Morgan fingerprint density at radius 3 is 2.22 bits per heavy atom. The third-order valence-corrected chi connectivity index (χ3v) is 7.89. The van der Waals surface area contributed by atoms with E-state index in [1.807, 2.05) is 12.1 Å². The molecule has 1 heterocycles. The lowest BCUT2D eigenvalue weighted by Gasteiger charge is -2.41. The average Bonchev–Trinajstić information content (AvgIpc) is 3.40. The smallest absolute Gasteiger partial charge is 0.331 e. The van der Waals surface area contributed by atoms with Gasteiger partial charge in [-0.25, -0.2) is 9.28 Å². The van der Waals surface area contributed by atoms with E-state index in [0.717, 1.165) is 24.8 Å². The molecule has 0 bridgehead atoms.